The number of thiophene rings is 1. The van der Waals surface area contributed by atoms with Gasteiger partial charge < -0.3 is 14.7 Å². The number of hydrogen-bond acceptors (Lipinski definition) is 6. The molecule has 4 heterocycles. The van der Waals surface area contributed by atoms with E-state index in [1.54, 1.807) is 0 Å². The standard InChI is InChI=1S/C19H25N5OS/c1-15-5-2-3-9-24(15)18-8-7-17(20-21-18)22-10-12-23(13-11-22)19(25)16-6-4-14-26-16/h4,6-8,14-15H,2-3,5,9-13H2,1H3. The fraction of sp³-hybridized carbons (Fsp3) is 0.526. The largest absolute Gasteiger partial charge is 0.352 e. The Morgan fingerprint density at radius 3 is 2.46 bits per heavy atom. The number of amides is 1. The summed E-state index contributed by atoms with van der Waals surface area (Å²) in [6, 6.07) is 8.52. The quantitative estimate of drug-likeness (QED) is 0.830. The summed E-state index contributed by atoms with van der Waals surface area (Å²) in [5, 5.41) is 10.9. The van der Waals surface area contributed by atoms with E-state index in [0.717, 1.165) is 49.2 Å². The molecule has 7 heteroatoms. The van der Waals surface area contributed by atoms with Gasteiger partial charge in [0.05, 0.1) is 4.88 Å². The second-order valence-corrected chi connectivity index (χ2v) is 7.99. The molecule has 26 heavy (non-hydrogen) atoms. The van der Waals surface area contributed by atoms with Crippen molar-refractivity contribution < 1.29 is 4.79 Å². The summed E-state index contributed by atoms with van der Waals surface area (Å²) in [5.41, 5.74) is 0. The number of anilines is 2. The zero-order valence-corrected chi connectivity index (χ0v) is 16.0. The first-order valence-electron chi connectivity index (χ1n) is 9.40. The highest BCUT2D eigenvalue weighted by Gasteiger charge is 2.24. The van der Waals surface area contributed by atoms with Crippen LogP contribution in [0.3, 0.4) is 0 Å². The van der Waals surface area contributed by atoms with Gasteiger partial charge in [0.1, 0.15) is 0 Å². The smallest absolute Gasteiger partial charge is 0.264 e. The molecule has 2 aromatic rings. The molecule has 0 aliphatic carbocycles. The average Bonchev–Trinajstić information content (AvgIpc) is 3.23. The number of carbonyl (C=O) groups is 1. The minimum atomic E-state index is 0.139. The number of nitrogens with zero attached hydrogens (tertiary/aromatic N) is 5. The molecule has 1 amide bonds. The molecule has 6 nitrogen and oxygen atoms in total. The molecular formula is C19H25N5OS. The van der Waals surface area contributed by atoms with Gasteiger partial charge in [0.25, 0.3) is 5.91 Å². The maximum Gasteiger partial charge on any atom is 0.264 e. The molecule has 2 aromatic heterocycles. The molecule has 138 valence electrons. The van der Waals surface area contributed by atoms with Crippen LogP contribution in [0, 0.1) is 0 Å². The van der Waals surface area contributed by atoms with Crippen molar-refractivity contribution in [3.63, 3.8) is 0 Å². The zero-order chi connectivity index (χ0) is 17.9. The Kier molecular flexibility index (Phi) is 5.06. The van der Waals surface area contributed by atoms with Crippen molar-refractivity contribution in [2.75, 3.05) is 42.5 Å². The zero-order valence-electron chi connectivity index (χ0n) is 15.2. The van der Waals surface area contributed by atoms with E-state index in [-0.39, 0.29) is 5.91 Å². The summed E-state index contributed by atoms with van der Waals surface area (Å²) < 4.78 is 0. The first-order valence-corrected chi connectivity index (χ1v) is 10.3. The van der Waals surface area contributed by atoms with Crippen LogP contribution in [0.5, 0.6) is 0 Å². The SMILES string of the molecule is CC1CCCCN1c1ccc(N2CCN(C(=O)c3cccs3)CC2)nn1. The van der Waals surface area contributed by atoms with E-state index in [1.165, 1.54) is 30.6 Å². The summed E-state index contributed by atoms with van der Waals surface area (Å²) >= 11 is 1.51. The lowest BCUT2D eigenvalue weighted by molar-refractivity contribution is 0.0751. The van der Waals surface area contributed by atoms with Gasteiger partial charge in [-0.25, -0.2) is 0 Å². The Labute approximate surface area is 158 Å². The van der Waals surface area contributed by atoms with Gasteiger partial charge in [-0.05, 0) is 49.8 Å². The topological polar surface area (TPSA) is 52.6 Å². The first-order chi connectivity index (χ1) is 12.7. The van der Waals surface area contributed by atoms with E-state index in [9.17, 15) is 4.79 Å². The number of carbonyl (C=O) groups excluding carboxylic acids is 1. The second kappa shape index (κ2) is 7.61. The van der Waals surface area contributed by atoms with Crippen LogP contribution in [0.25, 0.3) is 0 Å². The Morgan fingerprint density at radius 2 is 1.81 bits per heavy atom. The third kappa shape index (κ3) is 3.53. The van der Waals surface area contributed by atoms with Crippen molar-refractivity contribution in [3.05, 3.63) is 34.5 Å². The molecule has 4 rings (SSSR count). The average molecular weight is 372 g/mol. The van der Waals surface area contributed by atoms with E-state index in [1.807, 2.05) is 22.4 Å². The minimum Gasteiger partial charge on any atom is -0.352 e. The summed E-state index contributed by atoms with van der Waals surface area (Å²) in [7, 11) is 0. The van der Waals surface area contributed by atoms with Gasteiger partial charge in [-0.1, -0.05) is 6.07 Å². The second-order valence-electron chi connectivity index (χ2n) is 7.04. The fourth-order valence-electron chi connectivity index (χ4n) is 3.77. The van der Waals surface area contributed by atoms with Crippen LogP contribution in [-0.4, -0.2) is 59.8 Å². The van der Waals surface area contributed by atoms with Crippen molar-refractivity contribution in [2.24, 2.45) is 0 Å². The first kappa shape index (κ1) is 17.3. The van der Waals surface area contributed by atoms with Crippen molar-refractivity contribution in [2.45, 2.75) is 32.2 Å². The minimum absolute atomic E-state index is 0.139. The summed E-state index contributed by atoms with van der Waals surface area (Å²) in [4.78, 5) is 19.8. The molecular weight excluding hydrogens is 346 g/mol. The summed E-state index contributed by atoms with van der Waals surface area (Å²) in [5.74, 6) is 2.02. The fourth-order valence-corrected chi connectivity index (χ4v) is 4.46. The van der Waals surface area contributed by atoms with Gasteiger partial charge in [-0.15, -0.1) is 21.5 Å². The molecule has 0 radical (unpaired) electrons. The van der Waals surface area contributed by atoms with E-state index >= 15 is 0 Å². The highest BCUT2D eigenvalue weighted by molar-refractivity contribution is 7.12. The van der Waals surface area contributed by atoms with Crippen LogP contribution >= 0.6 is 11.3 Å². The monoisotopic (exact) mass is 371 g/mol. The van der Waals surface area contributed by atoms with Crippen LogP contribution < -0.4 is 9.80 Å². The lowest BCUT2D eigenvalue weighted by Crippen LogP contribution is -2.49. The highest BCUT2D eigenvalue weighted by Crippen LogP contribution is 2.24. The molecule has 0 aromatic carbocycles. The maximum atomic E-state index is 12.4. The number of aromatic nitrogens is 2. The van der Waals surface area contributed by atoms with Crippen molar-refractivity contribution in [1.29, 1.82) is 0 Å². The number of rotatable bonds is 3. The van der Waals surface area contributed by atoms with Crippen molar-refractivity contribution in [1.82, 2.24) is 15.1 Å². The Morgan fingerprint density at radius 1 is 1.04 bits per heavy atom. The predicted molar refractivity (Wildman–Crippen MR) is 105 cm³/mol. The molecule has 2 fully saturated rings. The molecule has 2 saturated heterocycles. The van der Waals surface area contributed by atoms with Gasteiger partial charge in [0.15, 0.2) is 11.6 Å². The van der Waals surface area contributed by atoms with E-state index in [0.29, 0.717) is 6.04 Å². The van der Waals surface area contributed by atoms with Crippen LogP contribution in [0.15, 0.2) is 29.6 Å². The molecule has 2 aliphatic rings. The van der Waals surface area contributed by atoms with Crippen LogP contribution in [0.2, 0.25) is 0 Å². The summed E-state index contributed by atoms with van der Waals surface area (Å²) in [6.07, 6.45) is 3.76. The molecule has 0 N–H and O–H groups in total. The molecule has 1 unspecified atom stereocenters. The van der Waals surface area contributed by atoms with Gasteiger partial charge >= 0.3 is 0 Å². The Bertz CT molecular complexity index is 725. The third-order valence-electron chi connectivity index (χ3n) is 5.36. The number of piperazine rings is 1. The number of piperidine rings is 1. The third-order valence-corrected chi connectivity index (χ3v) is 6.21. The van der Waals surface area contributed by atoms with Crippen molar-refractivity contribution >= 4 is 28.9 Å². The summed E-state index contributed by atoms with van der Waals surface area (Å²) in [6.45, 7) is 6.38. The van der Waals surface area contributed by atoms with E-state index in [4.69, 9.17) is 0 Å². The number of hydrogen-bond donors (Lipinski definition) is 0. The van der Waals surface area contributed by atoms with Crippen LogP contribution in [-0.2, 0) is 0 Å². The predicted octanol–water partition coefficient (Wildman–Crippen LogP) is 2.88. The van der Waals surface area contributed by atoms with E-state index < -0.39 is 0 Å². The maximum absolute atomic E-state index is 12.4. The molecule has 1 atom stereocenters. The highest BCUT2D eigenvalue weighted by atomic mass is 32.1. The Balaban J connectivity index is 1.36. The molecule has 2 aliphatic heterocycles. The lowest BCUT2D eigenvalue weighted by Gasteiger charge is -2.36. The van der Waals surface area contributed by atoms with Gasteiger partial charge in [0, 0.05) is 38.8 Å². The lowest BCUT2D eigenvalue weighted by atomic mass is 10.0. The van der Waals surface area contributed by atoms with Gasteiger partial charge in [0.2, 0.25) is 0 Å². The van der Waals surface area contributed by atoms with E-state index in [2.05, 4.69) is 39.1 Å². The van der Waals surface area contributed by atoms with Gasteiger partial charge in [-0.2, -0.15) is 0 Å². The molecule has 0 spiro atoms. The van der Waals surface area contributed by atoms with Crippen LogP contribution in [0.1, 0.15) is 35.9 Å². The Hall–Kier alpha value is -2.15. The molecule has 0 bridgehead atoms. The molecule has 0 saturated carbocycles. The normalized spacial score (nSPS) is 21.1. The van der Waals surface area contributed by atoms with Gasteiger partial charge in [-0.3, -0.25) is 4.79 Å². The van der Waals surface area contributed by atoms with Crippen LogP contribution in [0.4, 0.5) is 11.6 Å². The van der Waals surface area contributed by atoms with Crippen molar-refractivity contribution in [3.8, 4) is 0 Å².